The van der Waals surface area contributed by atoms with Crippen LogP contribution in [0.25, 0.3) is 0 Å². The van der Waals surface area contributed by atoms with E-state index in [1.165, 1.54) is 6.92 Å². The summed E-state index contributed by atoms with van der Waals surface area (Å²) in [6.07, 6.45) is 1.30. The summed E-state index contributed by atoms with van der Waals surface area (Å²) in [6.45, 7) is 2.40. The number of carbonyl (C=O) groups excluding carboxylic acids is 3. The van der Waals surface area contributed by atoms with Crippen LogP contribution in [0.2, 0.25) is 0 Å². The maximum absolute atomic E-state index is 12.6. The van der Waals surface area contributed by atoms with Gasteiger partial charge < -0.3 is 19.1 Å². The molecule has 2 aromatic rings. The fraction of sp³-hybridized carbons (Fsp3) is 0.400. The Morgan fingerprint density at radius 1 is 1.12 bits per heavy atom. The van der Waals surface area contributed by atoms with Crippen LogP contribution in [0.5, 0.6) is 11.5 Å². The number of benzene rings is 2. The highest BCUT2D eigenvalue weighted by Crippen LogP contribution is 2.30. The van der Waals surface area contributed by atoms with Crippen molar-refractivity contribution in [2.75, 3.05) is 32.2 Å². The number of Topliss-reactive ketones (excluding diaryl/α,β-unsaturated/α-hetero) is 1. The van der Waals surface area contributed by atoms with E-state index < -0.39 is 12.2 Å². The molecule has 0 aromatic heterocycles. The molecule has 1 heterocycles. The Bertz CT molecular complexity index is 1080. The largest absolute Gasteiger partial charge is 0.497 e. The summed E-state index contributed by atoms with van der Waals surface area (Å²) in [7, 11) is 3.15. The van der Waals surface area contributed by atoms with Crippen LogP contribution in [0.3, 0.4) is 0 Å². The molecule has 1 aliphatic carbocycles. The van der Waals surface area contributed by atoms with E-state index in [0.29, 0.717) is 36.7 Å². The van der Waals surface area contributed by atoms with E-state index >= 15 is 0 Å². The van der Waals surface area contributed by atoms with E-state index in [9.17, 15) is 14.4 Å². The highest BCUT2D eigenvalue weighted by Gasteiger charge is 2.34. The molecule has 0 saturated carbocycles. The molecule has 1 fully saturated rings. The standard InChI is InChI=1S/C25H28N2O6/c1-16(28)26(13-18-7-9-20(31-2)12-24(18)32-3)14-21-15-27(25(30)33-21)19-8-10-22-17(11-19)5-4-6-23(22)29/h7-12,21H,4-6,13-15H2,1-3H3. The third-order valence-corrected chi connectivity index (χ3v) is 6.15. The number of ether oxygens (including phenoxy) is 3. The molecule has 174 valence electrons. The van der Waals surface area contributed by atoms with Gasteiger partial charge in [0, 0.05) is 42.8 Å². The summed E-state index contributed by atoms with van der Waals surface area (Å²) in [5.74, 6) is 1.30. The molecule has 0 N–H and O–H groups in total. The van der Waals surface area contributed by atoms with Crippen molar-refractivity contribution in [3.63, 3.8) is 0 Å². The summed E-state index contributed by atoms with van der Waals surface area (Å²) in [5.41, 5.74) is 3.25. The monoisotopic (exact) mass is 452 g/mol. The molecular formula is C25H28N2O6. The van der Waals surface area contributed by atoms with E-state index in [0.717, 1.165) is 29.5 Å². The van der Waals surface area contributed by atoms with Crippen molar-refractivity contribution in [3.05, 3.63) is 53.1 Å². The van der Waals surface area contributed by atoms with Crippen molar-refractivity contribution in [1.82, 2.24) is 4.90 Å². The normalized spacial score (nSPS) is 17.4. The van der Waals surface area contributed by atoms with Gasteiger partial charge in [0.05, 0.1) is 27.3 Å². The van der Waals surface area contributed by atoms with E-state index in [2.05, 4.69) is 0 Å². The smallest absolute Gasteiger partial charge is 0.414 e. The predicted molar refractivity (Wildman–Crippen MR) is 122 cm³/mol. The van der Waals surface area contributed by atoms with Crippen molar-refractivity contribution < 1.29 is 28.6 Å². The SMILES string of the molecule is COc1ccc(CN(CC2CN(c3ccc4c(c3)CCCC4=O)C(=O)O2)C(C)=O)c(OC)c1. The van der Waals surface area contributed by atoms with Crippen LogP contribution in [0.15, 0.2) is 36.4 Å². The molecule has 1 saturated heterocycles. The van der Waals surface area contributed by atoms with E-state index in [4.69, 9.17) is 14.2 Å². The van der Waals surface area contributed by atoms with Crippen LogP contribution >= 0.6 is 0 Å². The van der Waals surface area contributed by atoms with Gasteiger partial charge in [0.15, 0.2) is 5.78 Å². The Labute approximate surface area is 193 Å². The highest BCUT2D eigenvalue weighted by atomic mass is 16.6. The first kappa shape index (κ1) is 22.6. The second-order valence-electron chi connectivity index (χ2n) is 8.31. The van der Waals surface area contributed by atoms with Gasteiger partial charge in [-0.05, 0) is 48.7 Å². The average molecular weight is 453 g/mol. The van der Waals surface area contributed by atoms with Gasteiger partial charge in [0.25, 0.3) is 0 Å². The number of carbonyl (C=O) groups is 3. The number of amides is 2. The molecule has 2 amide bonds. The quantitative estimate of drug-likeness (QED) is 0.638. The Hall–Kier alpha value is -3.55. The number of ketones is 1. The Morgan fingerprint density at radius 2 is 1.94 bits per heavy atom. The summed E-state index contributed by atoms with van der Waals surface area (Å²) >= 11 is 0. The highest BCUT2D eigenvalue weighted by molar-refractivity contribution is 5.99. The molecule has 4 rings (SSSR count). The predicted octanol–water partition coefficient (Wildman–Crippen LogP) is 3.60. The number of nitrogens with zero attached hydrogens (tertiary/aromatic N) is 2. The minimum atomic E-state index is -0.469. The molecule has 1 unspecified atom stereocenters. The van der Waals surface area contributed by atoms with E-state index in [1.54, 1.807) is 42.2 Å². The average Bonchev–Trinajstić information content (AvgIpc) is 3.18. The third kappa shape index (κ3) is 4.79. The number of hydrogen-bond acceptors (Lipinski definition) is 6. The van der Waals surface area contributed by atoms with Crippen LogP contribution < -0.4 is 14.4 Å². The van der Waals surface area contributed by atoms with Gasteiger partial charge in [0.1, 0.15) is 17.6 Å². The summed E-state index contributed by atoms with van der Waals surface area (Å²) in [5, 5.41) is 0. The lowest BCUT2D eigenvalue weighted by molar-refractivity contribution is -0.130. The Morgan fingerprint density at radius 3 is 2.67 bits per heavy atom. The molecule has 0 spiro atoms. The Balaban J connectivity index is 1.47. The topological polar surface area (TPSA) is 85.4 Å². The third-order valence-electron chi connectivity index (χ3n) is 6.15. The second-order valence-corrected chi connectivity index (χ2v) is 8.31. The van der Waals surface area contributed by atoms with Crippen LogP contribution in [0.4, 0.5) is 10.5 Å². The van der Waals surface area contributed by atoms with Crippen LogP contribution in [-0.2, 0) is 22.5 Å². The fourth-order valence-corrected chi connectivity index (χ4v) is 4.37. The summed E-state index contributed by atoms with van der Waals surface area (Å²) < 4.78 is 16.3. The number of fused-ring (bicyclic) bond motifs is 1. The van der Waals surface area contributed by atoms with Crippen molar-refractivity contribution in [2.24, 2.45) is 0 Å². The van der Waals surface area contributed by atoms with Gasteiger partial charge in [-0.25, -0.2) is 4.79 Å². The molecule has 0 bridgehead atoms. The van der Waals surface area contributed by atoms with E-state index in [-0.39, 0.29) is 18.2 Å². The van der Waals surface area contributed by atoms with Gasteiger partial charge in [-0.2, -0.15) is 0 Å². The maximum atomic E-state index is 12.6. The summed E-state index contributed by atoms with van der Waals surface area (Å²) in [4.78, 5) is 40.2. The number of anilines is 1. The lowest BCUT2D eigenvalue weighted by Gasteiger charge is -2.24. The second kappa shape index (κ2) is 9.52. The number of cyclic esters (lactones) is 1. The molecule has 1 aliphatic heterocycles. The van der Waals surface area contributed by atoms with Gasteiger partial charge in [0.2, 0.25) is 5.91 Å². The molecule has 8 nitrogen and oxygen atoms in total. The first-order chi connectivity index (χ1) is 15.9. The lowest BCUT2D eigenvalue weighted by Crippen LogP contribution is -2.37. The zero-order valence-electron chi connectivity index (χ0n) is 19.1. The summed E-state index contributed by atoms with van der Waals surface area (Å²) in [6, 6.07) is 10.9. The molecular weight excluding hydrogens is 424 g/mol. The van der Waals surface area contributed by atoms with Crippen LogP contribution in [0.1, 0.15) is 41.3 Å². The van der Waals surface area contributed by atoms with Gasteiger partial charge in [-0.1, -0.05) is 0 Å². The van der Waals surface area contributed by atoms with Gasteiger partial charge in [-0.15, -0.1) is 0 Å². The van der Waals surface area contributed by atoms with Crippen molar-refractivity contribution in [3.8, 4) is 11.5 Å². The van der Waals surface area contributed by atoms with Crippen molar-refractivity contribution in [1.29, 1.82) is 0 Å². The van der Waals surface area contributed by atoms with Gasteiger partial charge in [-0.3, -0.25) is 14.5 Å². The number of aryl methyl sites for hydroxylation is 1. The molecule has 33 heavy (non-hydrogen) atoms. The molecule has 2 aliphatic rings. The van der Waals surface area contributed by atoms with Crippen molar-refractivity contribution in [2.45, 2.75) is 38.8 Å². The zero-order chi connectivity index (χ0) is 23.5. The fourth-order valence-electron chi connectivity index (χ4n) is 4.37. The minimum Gasteiger partial charge on any atom is -0.497 e. The first-order valence-electron chi connectivity index (χ1n) is 11.0. The lowest BCUT2D eigenvalue weighted by atomic mass is 9.90. The number of hydrogen-bond donors (Lipinski definition) is 0. The van der Waals surface area contributed by atoms with Crippen molar-refractivity contribution >= 4 is 23.5 Å². The maximum Gasteiger partial charge on any atom is 0.414 e. The molecule has 2 aromatic carbocycles. The van der Waals surface area contributed by atoms with Crippen LogP contribution in [0, 0.1) is 0 Å². The minimum absolute atomic E-state index is 0.130. The number of methoxy groups -OCH3 is 2. The molecule has 8 heteroatoms. The number of rotatable bonds is 7. The Kier molecular flexibility index (Phi) is 6.53. The molecule has 0 radical (unpaired) electrons. The van der Waals surface area contributed by atoms with Crippen LogP contribution in [-0.4, -0.2) is 56.1 Å². The molecule has 1 atom stereocenters. The van der Waals surface area contributed by atoms with Gasteiger partial charge >= 0.3 is 6.09 Å². The van der Waals surface area contributed by atoms with E-state index in [1.807, 2.05) is 18.2 Å². The first-order valence-corrected chi connectivity index (χ1v) is 11.0. The zero-order valence-corrected chi connectivity index (χ0v) is 19.1.